The summed E-state index contributed by atoms with van der Waals surface area (Å²) >= 11 is 5.22. The zero-order valence-electron chi connectivity index (χ0n) is 9.96. The van der Waals surface area contributed by atoms with Gasteiger partial charge in [-0.2, -0.15) is 0 Å². The molecule has 0 aliphatic heterocycles. The van der Waals surface area contributed by atoms with Crippen molar-refractivity contribution in [2.45, 2.75) is 32.2 Å². The molecule has 3 rings (SSSR count). The molecule has 2 nitrogen and oxygen atoms in total. The van der Waals surface area contributed by atoms with Gasteiger partial charge >= 0.3 is 0 Å². The molecule has 90 valence electrons. The number of nitrogens with zero attached hydrogens (tertiary/aromatic N) is 1. The molecule has 1 aliphatic rings. The van der Waals surface area contributed by atoms with Crippen molar-refractivity contribution in [1.82, 2.24) is 4.98 Å². The number of fused-ring (bicyclic) bond motifs is 1. The molecular weight excluding hydrogens is 296 g/mol. The highest BCUT2D eigenvalue weighted by Crippen LogP contribution is 2.42. The van der Waals surface area contributed by atoms with Crippen LogP contribution in [0.1, 0.15) is 26.7 Å². The summed E-state index contributed by atoms with van der Waals surface area (Å²) in [6.07, 6.45) is 2.69. The number of anilines is 1. The molecule has 1 saturated carbocycles. The Bertz CT molecular complexity index is 558. The first-order chi connectivity index (χ1) is 8.04. The van der Waals surface area contributed by atoms with Gasteiger partial charge in [-0.1, -0.05) is 27.3 Å². The predicted molar refractivity (Wildman–Crippen MR) is 77.7 cm³/mol. The van der Waals surface area contributed by atoms with Crippen LogP contribution in [0.4, 0.5) is 5.13 Å². The van der Waals surface area contributed by atoms with Gasteiger partial charge in [0.05, 0.1) is 10.2 Å². The van der Waals surface area contributed by atoms with Gasteiger partial charge in [-0.05, 0) is 50.8 Å². The van der Waals surface area contributed by atoms with E-state index in [4.69, 9.17) is 0 Å². The topological polar surface area (TPSA) is 24.9 Å². The van der Waals surface area contributed by atoms with E-state index in [0.717, 1.165) is 21.0 Å². The smallest absolute Gasteiger partial charge is 0.184 e. The molecule has 1 N–H and O–H groups in total. The van der Waals surface area contributed by atoms with Crippen LogP contribution in [0, 0.1) is 5.92 Å². The van der Waals surface area contributed by atoms with Gasteiger partial charge in [0.25, 0.3) is 0 Å². The van der Waals surface area contributed by atoms with Gasteiger partial charge in [0, 0.05) is 10.0 Å². The molecule has 1 aromatic carbocycles. The molecule has 1 aliphatic carbocycles. The molecule has 17 heavy (non-hydrogen) atoms. The Morgan fingerprint density at radius 1 is 1.41 bits per heavy atom. The second-order valence-electron chi connectivity index (χ2n) is 5.25. The monoisotopic (exact) mass is 310 g/mol. The number of aromatic nitrogens is 1. The van der Waals surface area contributed by atoms with E-state index in [-0.39, 0.29) is 5.54 Å². The van der Waals surface area contributed by atoms with Gasteiger partial charge in [-0.3, -0.25) is 0 Å². The number of nitrogens with one attached hydrogen (secondary N) is 1. The lowest BCUT2D eigenvalue weighted by Crippen LogP contribution is -2.33. The summed E-state index contributed by atoms with van der Waals surface area (Å²) in [5, 5.41) is 4.62. The van der Waals surface area contributed by atoms with Crippen molar-refractivity contribution in [3.05, 3.63) is 22.7 Å². The standard InChI is InChI=1S/C13H15BrN2S/c1-13(2,8-3-4-8)16-12-15-10-7-9(14)5-6-11(10)17-12/h5-8H,3-4H2,1-2H3,(H,15,16). The molecule has 0 radical (unpaired) electrons. The van der Waals surface area contributed by atoms with Crippen LogP contribution in [0.5, 0.6) is 0 Å². The minimum atomic E-state index is 0.172. The Morgan fingerprint density at radius 2 is 2.18 bits per heavy atom. The second kappa shape index (κ2) is 3.95. The van der Waals surface area contributed by atoms with E-state index in [1.807, 2.05) is 0 Å². The van der Waals surface area contributed by atoms with Crippen LogP contribution in [0.3, 0.4) is 0 Å². The highest BCUT2D eigenvalue weighted by atomic mass is 79.9. The molecule has 1 heterocycles. The van der Waals surface area contributed by atoms with Crippen LogP contribution in [-0.4, -0.2) is 10.5 Å². The van der Waals surface area contributed by atoms with Crippen molar-refractivity contribution in [1.29, 1.82) is 0 Å². The molecule has 1 fully saturated rings. The first-order valence-corrected chi connectivity index (χ1v) is 7.50. The lowest BCUT2D eigenvalue weighted by molar-refractivity contribution is 0.494. The third-order valence-electron chi connectivity index (χ3n) is 3.38. The number of hydrogen-bond acceptors (Lipinski definition) is 3. The van der Waals surface area contributed by atoms with Crippen molar-refractivity contribution in [3.63, 3.8) is 0 Å². The van der Waals surface area contributed by atoms with Crippen molar-refractivity contribution in [2.75, 3.05) is 5.32 Å². The molecule has 2 aromatic rings. The number of halogens is 1. The lowest BCUT2D eigenvalue weighted by atomic mass is 9.99. The Kier molecular flexibility index (Phi) is 2.67. The highest BCUT2D eigenvalue weighted by molar-refractivity contribution is 9.10. The lowest BCUT2D eigenvalue weighted by Gasteiger charge is -2.25. The fourth-order valence-electron chi connectivity index (χ4n) is 2.14. The molecule has 0 bridgehead atoms. The third-order valence-corrected chi connectivity index (χ3v) is 4.82. The number of benzene rings is 1. The summed E-state index contributed by atoms with van der Waals surface area (Å²) in [4.78, 5) is 4.65. The zero-order valence-corrected chi connectivity index (χ0v) is 12.4. The maximum atomic E-state index is 4.65. The van der Waals surface area contributed by atoms with Crippen LogP contribution in [0.25, 0.3) is 10.2 Å². The van der Waals surface area contributed by atoms with Crippen molar-refractivity contribution in [2.24, 2.45) is 5.92 Å². The minimum absolute atomic E-state index is 0.172. The summed E-state index contributed by atoms with van der Waals surface area (Å²) in [6, 6.07) is 6.25. The summed E-state index contributed by atoms with van der Waals surface area (Å²) in [6.45, 7) is 4.54. The van der Waals surface area contributed by atoms with Crippen LogP contribution in [0.2, 0.25) is 0 Å². The van der Waals surface area contributed by atoms with Gasteiger partial charge < -0.3 is 5.32 Å². The molecule has 0 unspecified atom stereocenters. The van der Waals surface area contributed by atoms with Crippen LogP contribution in [0.15, 0.2) is 22.7 Å². The average Bonchev–Trinajstić information content (AvgIpc) is 3.01. The van der Waals surface area contributed by atoms with E-state index in [9.17, 15) is 0 Å². The van der Waals surface area contributed by atoms with Gasteiger partial charge in [0.15, 0.2) is 5.13 Å². The quantitative estimate of drug-likeness (QED) is 0.892. The fourth-order valence-corrected chi connectivity index (χ4v) is 3.50. The van der Waals surface area contributed by atoms with Gasteiger partial charge in [-0.15, -0.1) is 0 Å². The number of hydrogen-bond donors (Lipinski definition) is 1. The molecular formula is C13H15BrN2S. The number of thiazole rings is 1. The summed E-state index contributed by atoms with van der Waals surface area (Å²) < 4.78 is 2.32. The molecule has 0 amide bonds. The molecule has 0 saturated heterocycles. The molecule has 0 atom stereocenters. The molecule has 4 heteroatoms. The Labute approximate surface area is 114 Å². The second-order valence-corrected chi connectivity index (χ2v) is 7.20. The van der Waals surface area contributed by atoms with E-state index in [1.165, 1.54) is 17.5 Å². The number of rotatable bonds is 3. The third kappa shape index (κ3) is 2.33. The minimum Gasteiger partial charge on any atom is -0.356 e. The first kappa shape index (κ1) is 11.5. The fraction of sp³-hybridized carbons (Fsp3) is 0.462. The van der Waals surface area contributed by atoms with Crippen LogP contribution < -0.4 is 5.32 Å². The Morgan fingerprint density at radius 3 is 2.88 bits per heavy atom. The van der Waals surface area contributed by atoms with E-state index < -0.39 is 0 Å². The van der Waals surface area contributed by atoms with Crippen molar-refractivity contribution >= 4 is 42.6 Å². The maximum absolute atomic E-state index is 4.65. The summed E-state index contributed by atoms with van der Waals surface area (Å²) in [5.74, 6) is 0.807. The average molecular weight is 311 g/mol. The Balaban J connectivity index is 1.90. The normalized spacial score (nSPS) is 16.4. The zero-order chi connectivity index (χ0) is 12.0. The summed E-state index contributed by atoms with van der Waals surface area (Å²) in [7, 11) is 0. The summed E-state index contributed by atoms with van der Waals surface area (Å²) in [5.41, 5.74) is 1.24. The largest absolute Gasteiger partial charge is 0.356 e. The Hall–Kier alpha value is -0.610. The van der Waals surface area contributed by atoms with Crippen LogP contribution in [-0.2, 0) is 0 Å². The van der Waals surface area contributed by atoms with E-state index >= 15 is 0 Å². The van der Waals surface area contributed by atoms with E-state index in [1.54, 1.807) is 11.3 Å². The van der Waals surface area contributed by atoms with Crippen molar-refractivity contribution in [3.8, 4) is 0 Å². The predicted octanol–water partition coefficient (Wildman–Crippen LogP) is 4.66. The SMILES string of the molecule is CC(C)(Nc1nc2cc(Br)ccc2s1)C1CC1. The van der Waals surface area contributed by atoms with Gasteiger partial charge in [-0.25, -0.2) is 4.98 Å². The first-order valence-electron chi connectivity index (χ1n) is 5.89. The van der Waals surface area contributed by atoms with E-state index in [2.05, 4.69) is 58.3 Å². The van der Waals surface area contributed by atoms with Crippen LogP contribution >= 0.6 is 27.3 Å². The van der Waals surface area contributed by atoms with Crippen molar-refractivity contribution < 1.29 is 0 Å². The molecule has 1 aromatic heterocycles. The van der Waals surface area contributed by atoms with E-state index in [0.29, 0.717) is 0 Å². The van der Waals surface area contributed by atoms with Gasteiger partial charge in [0.2, 0.25) is 0 Å². The highest BCUT2D eigenvalue weighted by Gasteiger charge is 2.38. The van der Waals surface area contributed by atoms with Gasteiger partial charge in [0.1, 0.15) is 0 Å². The maximum Gasteiger partial charge on any atom is 0.184 e. The molecule has 0 spiro atoms.